The number of rotatable bonds is 3. The summed E-state index contributed by atoms with van der Waals surface area (Å²) >= 11 is 1.85. The van der Waals surface area contributed by atoms with Crippen molar-refractivity contribution in [3.63, 3.8) is 0 Å². The molecule has 1 aromatic carbocycles. The van der Waals surface area contributed by atoms with Crippen LogP contribution >= 0.6 is 11.8 Å². The van der Waals surface area contributed by atoms with Crippen LogP contribution in [0.4, 0.5) is 0 Å². The van der Waals surface area contributed by atoms with E-state index in [0.717, 1.165) is 0 Å². The van der Waals surface area contributed by atoms with Crippen LogP contribution in [0, 0.1) is 0 Å². The molecule has 1 aliphatic rings. The van der Waals surface area contributed by atoms with Gasteiger partial charge in [-0.3, -0.25) is 0 Å². The molecule has 0 atom stereocenters. The first-order valence-electron chi connectivity index (χ1n) is 7.18. The molecule has 0 saturated carbocycles. The van der Waals surface area contributed by atoms with Crippen molar-refractivity contribution in [3.8, 4) is 0 Å². The third-order valence-corrected chi connectivity index (χ3v) is 4.81. The molecule has 3 rings (SSSR count). The standard InChI is InChI=1S/C17H21N2S/c1-18-15(10-9-14-7-3-4-8-16(14)18)13-17(20-2)19-11-5-6-12-19/h3-4,7-10,13H,5-6,11-12H2,1-2H3/q+1. The number of fused-ring (bicyclic) bond motifs is 1. The molecule has 0 radical (unpaired) electrons. The van der Waals surface area contributed by atoms with E-state index in [2.05, 4.69) is 65.2 Å². The van der Waals surface area contributed by atoms with Crippen LogP contribution in [0.1, 0.15) is 18.5 Å². The number of hydrogen-bond donors (Lipinski definition) is 0. The minimum Gasteiger partial charge on any atom is -0.366 e. The average molecular weight is 285 g/mol. The number of pyridine rings is 1. The summed E-state index contributed by atoms with van der Waals surface area (Å²) in [5, 5.41) is 2.67. The Morgan fingerprint density at radius 2 is 1.90 bits per heavy atom. The molecule has 1 saturated heterocycles. The number of likely N-dealkylation sites (tertiary alicyclic amines) is 1. The van der Waals surface area contributed by atoms with E-state index >= 15 is 0 Å². The molecule has 1 fully saturated rings. The molecule has 1 aliphatic heterocycles. The van der Waals surface area contributed by atoms with Crippen LogP contribution in [0.25, 0.3) is 17.0 Å². The van der Waals surface area contributed by atoms with Crippen molar-refractivity contribution < 1.29 is 4.57 Å². The Labute approximate surface area is 125 Å². The number of para-hydroxylation sites is 1. The maximum atomic E-state index is 2.50. The monoisotopic (exact) mass is 285 g/mol. The van der Waals surface area contributed by atoms with Crippen LogP contribution in [0.15, 0.2) is 41.4 Å². The molecular weight excluding hydrogens is 264 g/mol. The zero-order chi connectivity index (χ0) is 13.9. The molecule has 0 unspecified atom stereocenters. The van der Waals surface area contributed by atoms with Crippen molar-refractivity contribution in [2.45, 2.75) is 12.8 Å². The first kappa shape index (κ1) is 13.5. The molecule has 2 aromatic rings. The fraction of sp³-hybridized carbons (Fsp3) is 0.353. The second kappa shape index (κ2) is 5.88. The summed E-state index contributed by atoms with van der Waals surface area (Å²) in [6.45, 7) is 2.40. The van der Waals surface area contributed by atoms with Gasteiger partial charge in [0.1, 0.15) is 7.05 Å². The molecule has 0 spiro atoms. The summed E-state index contributed by atoms with van der Waals surface area (Å²) in [6.07, 6.45) is 7.14. The smallest absolute Gasteiger partial charge is 0.212 e. The SMILES string of the molecule is CSC(=Cc1ccc2ccccc2[n+]1C)N1CCCC1. The van der Waals surface area contributed by atoms with E-state index < -0.39 is 0 Å². The highest BCUT2D eigenvalue weighted by Crippen LogP contribution is 2.24. The Morgan fingerprint density at radius 3 is 2.65 bits per heavy atom. The number of aryl methyl sites for hydroxylation is 1. The summed E-state index contributed by atoms with van der Waals surface area (Å²) in [5.41, 5.74) is 2.54. The molecule has 0 aliphatic carbocycles. The van der Waals surface area contributed by atoms with Gasteiger partial charge in [0, 0.05) is 36.7 Å². The van der Waals surface area contributed by atoms with Crippen LogP contribution < -0.4 is 4.57 Å². The highest BCUT2D eigenvalue weighted by atomic mass is 32.2. The average Bonchev–Trinajstić information content (AvgIpc) is 3.01. The molecular formula is C17H21N2S+. The lowest BCUT2D eigenvalue weighted by atomic mass is 10.2. The number of thioether (sulfide) groups is 1. The predicted molar refractivity (Wildman–Crippen MR) is 87.4 cm³/mol. The van der Waals surface area contributed by atoms with Gasteiger partial charge < -0.3 is 4.90 Å². The molecule has 0 bridgehead atoms. The molecule has 0 amide bonds. The Kier molecular flexibility index (Phi) is 3.97. The lowest BCUT2D eigenvalue weighted by Gasteiger charge is -2.19. The van der Waals surface area contributed by atoms with Crippen molar-refractivity contribution >= 4 is 28.7 Å². The Morgan fingerprint density at radius 1 is 1.15 bits per heavy atom. The molecule has 20 heavy (non-hydrogen) atoms. The van der Waals surface area contributed by atoms with Gasteiger partial charge in [-0.1, -0.05) is 12.1 Å². The maximum absolute atomic E-state index is 2.50. The van der Waals surface area contributed by atoms with E-state index in [1.807, 2.05) is 11.8 Å². The van der Waals surface area contributed by atoms with Gasteiger partial charge in [0.15, 0.2) is 0 Å². The molecule has 1 aromatic heterocycles. The van der Waals surface area contributed by atoms with Gasteiger partial charge in [0.05, 0.1) is 5.03 Å². The van der Waals surface area contributed by atoms with Crippen LogP contribution in [0.5, 0.6) is 0 Å². The van der Waals surface area contributed by atoms with E-state index in [0.29, 0.717) is 0 Å². The van der Waals surface area contributed by atoms with Gasteiger partial charge in [-0.2, -0.15) is 4.57 Å². The molecule has 2 heterocycles. The highest BCUT2D eigenvalue weighted by molar-refractivity contribution is 8.02. The molecule has 104 valence electrons. The molecule has 0 N–H and O–H groups in total. The predicted octanol–water partition coefficient (Wildman–Crippen LogP) is 3.42. The number of hydrogen-bond acceptors (Lipinski definition) is 2. The zero-order valence-electron chi connectivity index (χ0n) is 12.2. The lowest BCUT2D eigenvalue weighted by Crippen LogP contribution is -2.33. The van der Waals surface area contributed by atoms with Gasteiger partial charge in [-0.15, -0.1) is 11.8 Å². The Hall–Kier alpha value is -1.48. The van der Waals surface area contributed by atoms with Gasteiger partial charge in [0.2, 0.25) is 11.2 Å². The van der Waals surface area contributed by atoms with Crippen molar-refractivity contribution in [3.05, 3.63) is 47.1 Å². The maximum Gasteiger partial charge on any atom is 0.212 e. The van der Waals surface area contributed by atoms with E-state index in [1.165, 1.54) is 47.6 Å². The van der Waals surface area contributed by atoms with Crippen molar-refractivity contribution in [2.75, 3.05) is 19.3 Å². The van der Waals surface area contributed by atoms with Crippen molar-refractivity contribution in [2.24, 2.45) is 7.05 Å². The third kappa shape index (κ3) is 2.55. The summed E-state index contributed by atoms with van der Waals surface area (Å²) < 4.78 is 2.28. The summed E-state index contributed by atoms with van der Waals surface area (Å²) in [7, 11) is 2.15. The Balaban J connectivity index is 2.02. The summed E-state index contributed by atoms with van der Waals surface area (Å²) in [6, 6.07) is 13.0. The van der Waals surface area contributed by atoms with Crippen LogP contribution in [0.3, 0.4) is 0 Å². The molecule has 2 nitrogen and oxygen atoms in total. The normalized spacial score (nSPS) is 16.1. The topological polar surface area (TPSA) is 7.12 Å². The van der Waals surface area contributed by atoms with Gasteiger partial charge in [-0.25, -0.2) is 0 Å². The second-order valence-electron chi connectivity index (χ2n) is 5.26. The van der Waals surface area contributed by atoms with E-state index in [1.54, 1.807) is 0 Å². The fourth-order valence-corrected chi connectivity index (χ4v) is 3.53. The molecule has 3 heteroatoms. The van der Waals surface area contributed by atoms with Gasteiger partial charge in [-0.05, 0) is 31.2 Å². The number of nitrogens with zero attached hydrogens (tertiary/aromatic N) is 2. The first-order valence-corrected chi connectivity index (χ1v) is 8.40. The second-order valence-corrected chi connectivity index (χ2v) is 6.08. The summed E-state index contributed by atoms with van der Waals surface area (Å²) in [5.74, 6) is 0. The minimum absolute atomic E-state index is 1.20. The third-order valence-electron chi connectivity index (χ3n) is 4.02. The summed E-state index contributed by atoms with van der Waals surface area (Å²) in [4.78, 5) is 2.50. The van der Waals surface area contributed by atoms with E-state index in [-0.39, 0.29) is 0 Å². The largest absolute Gasteiger partial charge is 0.366 e. The Bertz CT molecular complexity index is 642. The van der Waals surface area contributed by atoms with Gasteiger partial charge in [0.25, 0.3) is 0 Å². The number of benzene rings is 1. The van der Waals surface area contributed by atoms with Crippen molar-refractivity contribution in [1.82, 2.24) is 4.90 Å². The fourth-order valence-electron chi connectivity index (χ4n) is 2.85. The minimum atomic E-state index is 1.20. The first-order chi connectivity index (χ1) is 9.79. The highest BCUT2D eigenvalue weighted by Gasteiger charge is 2.16. The van der Waals surface area contributed by atoms with Crippen LogP contribution in [-0.4, -0.2) is 24.2 Å². The van der Waals surface area contributed by atoms with Crippen LogP contribution in [0.2, 0.25) is 0 Å². The van der Waals surface area contributed by atoms with E-state index in [9.17, 15) is 0 Å². The number of aromatic nitrogens is 1. The van der Waals surface area contributed by atoms with Crippen molar-refractivity contribution in [1.29, 1.82) is 0 Å². The lowest BCUT2D eigenvalue weighted by molar-refractivity contribution is -0.646. The quantitative estimate of drug-likeness (QED) is 0.798. The van der Waals surface area contributed by atoms with E-state index in [4.69, 9.17) is 0 Å². The van der Waals surface area contributed by atoms with Gasteiger partial charge >= 0.3 is 0 Å². The zero-order valence-corrected chi connectivity index (χ0v) is 13.0. The van der Waals surface area contributed by atoms with Crippen LogP contribution in [-0.2, 0) is 7.05 Å².